The number of nitrogens with one attached hydrogen (secondary N) is 2. The summed E-state index contributed by atoms with van der Waals surface area (Å²) in [5.74, 6) is 1.19. The van der Waals surface area contributed by atoms with Crippen LogP contribution in [0.1, 0.15) is 18.5 Å². The predicted octanol–water partition coefficient (Wildman–Crippen LogP) is 1.69. The Morgan fingerprint density at radius 3 is 2.56 bits per heavy atom. The largest absolute Gasteiger partial charge is 0.493 e. The van der Waals surface area contributed by atoms with Gasteiger partial charge in [-0.3, -0.25) is 9.48 Å². The second kappa shape index (κ2) is 9.90. The fourth-order valence-corrected chi connectivity index (χ4v) is 2.36. The standard InChI is InChI=1S/C17H24N4O3.ClH/c1-12(24-15-8-6-5-7-14(15)23-4)9-19-17(22)16(18-2)13-10-20-21(3)11-13;/h5-8,10-12,16,18H,9H2,1-4H3,(H,19,22);1H. The number of aryl methyl sites for hydroxylation is 1. The number of amides is 1. The average Bonchev–Trinajstić information content (AvgIpc) is 3.00. The lowest BCUT2D eigenvalue weighted by Gasteiger charge is -2.19. The van der Waals surface area contributed by atoms with Crippen molar-refractivity contribution in [3.8, 4) is 11.5 Å². The highest BCUT2D eigenvalue weighted by Gasteiger charge is 2.20. The maximum Gasteiger partial charge on any atom is 0.241 e. The minimum absolute atomic E-state index is 0. The van der Waals surface area contributed by atoms with Gasteiger partial charge in [-0.15, -0.1) is 12.4 Å². The molecule has 25 heavy (non-hydrogen) atoms. The molecule has 0 aliphatic heterocycles. The Hall–Kier alpha value is -2.25. The van der Waals surface area contributed by atoms with Gasteiger partial charge in [-0.25, -0.2) is 0 Å². The molecule has 0 aliphatic carbocycles. The molecule has 1 amide bonds. The molecule has 138 valence electrons. The van der Waals surface area contributed by atoms with Gasteiger partial charge in [0.25, 0.3) is 0 Å². The van der Waals surface area contributed by atoms with Gasteiger partial charge in [0.2, 0.25) is 5.91 Å². The molecule has 1 heterocycles. The maximum atomic E-state index is 12.4. The lowest BCUT2D eigenvalue weighted by molar-refractivity contribution is -0.123. The molecule has 0 aliphatic rings. The smallest absolute Gasteiger partial charge is 0.241 e. The van der Waals surface area contributed by atoms with Gasteiger partial charge in [-0.05, 0) is 26.1 Å². The Kier molecular flexibility index (Phi) is 8.24. The van der Waals surface area contributed by atoms with Gasteiger partial charge in [0.1, 0.15) is 12.1 Å². The van der Waals surface area contributed by atoms with Gasteiger partial charge in [0.05, 0.1) is 19.9 Å². The Labute approximate surface area is 154 Å². The van der Waals surface area contributed by atoms with Crippen LogP contribution in [0.2, 0.25) is 0 Å². The predicted molar refractivity (Wildman–Crippen MR) is 98.4 cm³/mol. The van der Waals surface area contributed by atoms with Crippen LogP contribution in [-0.2, 0) is 11.8 Å². The number of likely N-dealkylation sites (N-methyl/N-ethyl adjacent to an activating group) is 1. The fraction of sp³-hybridized carbons (Fsp3) is 0.412. The molecule has 1 aromatic carbocycles. The van der Waals surface area contributed by atoms with Crippen molar-refractivity contribution in [2.24, 2.45) is 7.05 Å². The molecule has 2 atom stereocenters. The molecule has 8 heteroatoms. The lowest BCUT2D eigenvalue weighted by atomic mass is 10.1. The first kappa shape index (κ1) is 20.8. The van der Waals surface area contributed by atoms with E-state index in [1.807, 2.05) is 44.4 Å². The summed E-state index contributed by atoms with van der Waals surface area (Å²) in [7, 11) is 5.16. The summed E-state index contributed by atoms with van der Waals surface area (Å²) in [5, 5.41) is 9.99. The van der Waals surface area contributed by atoms with E-state index in [2.05, 4.69) is 15.7 Å². The number of ether oxygens (including phenoxy) is 2. The zero-order chi connectivity index (χ0) is 17.5. The minimum Gasteiger partial charge on any atom is -0.493 e. The van der Waals surface area contributed by atoms with Crippen LogP contribution in [0.4, 0.5) is 0 Å². The summed E-state index contributed by atoms with van der Waals surface area (Å²) in [6, 6.07) is 6.98. The second-order valence-corrected chi connectivity index (χ2v) is 5.49. The molecule has 0 fully saturated rings. The van der Waals surface area contributed by atoms with Gasteiger partial charge in [0.15, 0.2) is 11.5 Å². The highest BCUT2D eigenvalue weighted by atomic mass is 35.5. The van der Waals surface area contributed by atoms with Gasteiger partial charge in [-0.1, -0.05) is 12.1 Å². The number of nitrogens with zero attached hydrogens (tertiary/aromatic N) is 2. The molecule has 0 spiro atoms. The maximum absolute atomic E-state index is 12.4. The van der Waals surface area contributed by atoms with Gasteiger partial charge in [0, 0.05) is 18.8 Å². The van der Waals surface area contributed by atoms with Crippen molar-refractivity contribution < 1.29 is 14.3 Å². The van der Waals surface area contributed by atoms with E-state index in [0.717, 1.165) is 5.56 Å². The number of halogens is 1. The number of carbonyl (C=O) groups excluding carboxylic acids is 1. The SMILES string of the molecule is CNC(C(=O)NCC(C)Oc1ccccc1OC)c1cnn(C)c1.Cl. The summed E-state index contributed by atoms with van der Waals surface area (Å²) in [5.41, 5.74) is 0.816. The van der Waals surface area contributed by atoms with E-state index in [9.17, 15) is 4.79 Å². The average molecular weight is 369 g/mol. The number of rotatable bonds is 8. The lowest BCUT2D eigenvalue weighted by Crippen LogP contribution is -2.40. The quantitative estimate of drug-likeness (QED) is 0.741. The van der Waals surface area contributed by atoms with E-state index in [1.165, 1.54) is 0 Å². The summed E-state index contributed by atoms with van der Waals surface area (Å²) < 4.78 is 12.8. The number of carbonyl (C=O) groups is 1. The Bertz CT molecular complexity index is 677. The van der Waals surface area contributed by atoms with E-state index in [-0.39, 0.29) is 24.4 Å². The number of benzene rings is 1. The first-order valence-electron chi connectivity index (χ1n) is 7.78. The van der Waals surface area contributed by atoms with E-state index in [1.54, 1.807) is 25.0 Å². The van der Waals surface area contributed by atoms with Crippen molar-refractivity contribution in [3.63, 3.8) is 0 Å². The van der Waals surface area contributed by atoms with Crippen LogP contribution in [-0.4, -0.2) is 42.5 Å². The molecule has 0 saturated heterocycles. The van der Waals surface area contributed by atoms with E-state index in [0.29, 0.717) is 18.0 Å². The number of para-hydroxylation sites is 2. The van der Waals surface area contributed by atoms with E-state index >= 15 is 0 Å². The van der Waals surface area contributed by atoms with Crippen molar-refractivity contribution in [2.45, 2.75) is 19.1 Å². The van der Waals surface area contributed by atoms with Crippen LogP contribution >= 0.6 is 12.4 Å². The van der Waals surface area contributed by atoms with Crippen molar-refractivity contribution in [1.29, 1.82) is 0 Å². The van der Waals surface area contributed by atoms with Gasteiger partial charge >= 0.3 is 0 Å². The second-order valence-electron chi connectivity index (χ2n) is 5.49. The molecule has 2 aromatic rings. The van der Waals surface area contributed by atoms with Gasteiger partial charge in [-0.2, -0.15) is 5.10 Å². The van der Waals surface area contributed by atoms with Crippen LogP contribution in [0.25, 0.3) is 0 Å². The van der Waals surface area contributed by atoms with Crippen LogP contribution in [0.15, 0.2) is 36.7 Å². The third-order valence-corrected chi connectivity index (χ3v) is 3.57. The molecule has 1 aromatic heterocycles. The third kappa shape index (κ3) is 5.65. The Balaban J connectivity index is 0.00000312. The van der Waals surface area contributed by atoms with E-state index in [4.69, 9.17) is 9.47 Å². The number of aromatic nitrogens is 2. The first-order chi connectivity index (χ1) is 11.5. The molecule has 0 saturated carbocycles. The normalized spacial score (nSPS) is 12.6. The molecule has 7 nitrogen and oxygen atoms in total. The summed E-state index contributed by atoms with van der Waals surface area (Å²) in [4.78, 5) is 12.4. The highest BCUT2D eigenvalue weighted by Crippen LogP contribution is 2.26. The van der Waals surface area contributed by atoms with Crippen molar-refractivity contribution in [2.75, 3.05) is 20.7 Å². The van der Waals surface area contributed by atoms with Crippen molar-refractivity contribution in [3.05, 3.63) is 42.2 Å². The fourth-order valence-electron chi connectivity index (χ4n) is 2.36. The molecular formula is C17H25ClN4O3. The third-order valence-electron chi connectivity index (χ3n) is 3.57. The molecular weight excluding hydrogens is 344 g/mol. The van der Waals surface area contributed by atoms with Crippen LogP contribution in [0.5, 0.6) is 11.5 Å². The zero-order valence-corrected chi connectivity index (χ0v) is 15.7. The molecule has 2 N–H and O–H groups in total. The highest BCUT2D eigenvalue weighted by molar-refractivity contribution is 5.85. The summed E-state index contributed by atoms with van der Waals surface area (Å²) in [6.45, 7) is 2.28. The monoisotopic (exact) mass is 368 g/mol. The number of hydrogen-bond acceptors (Lipinski definition) is 5. The summed E-state index contributed by atoms with van der Waals surface area (Å²) >= 11 is 0. The van der Waals surface area contributed by atoms with Crippen LogP contribution < -0.4 is 20.1 Å². The van der Waals surface area contributed by atoms with Crippen molar-refractivity contribution in [1.82, 2.24) is 20.4 Å². The zero-order valence-electron chi connectivity index (χ0n) is 14.9. The number of methoxy groups -OCH3 is 1. The first-order valence-corrected chi connectivity index (χ1v) is 7.78. The Morgan fingerprint density at radius 1 is 1.32 bits per heavy atom. The van der Waals surface area contributed by atoms with Gasteiger partial charge < -0.3 is 20.1 Å². The minimum atomic E-state index is -0.447. The van der Waals surface area contributed by atoms with E-state index < -0.39 is 6.04 Å². The number of hydrogen-bond donors (Lipinski definition) is 2. The molecule has 0 radical (unpaired) electrons. The van der Waals surface area contributed by atoms with Crippen LogP contribution in [0, 0.1) is 0 Å². The Morgan fingerprint density at radius 2 is 2.00 bits per heavy atom. The molecule has 0 bridgehead atoms. The summed E-state index contributed by atoms with van der Waals surface area (Å²) in [6.07, 6.45) is 3.29. The molecule has 2 rings (SSSR count). The topological polar surface area (TPSA) is 77.4 Å². The van der Waals surface area contributed by atoms with Crippen molar-refractivity contribution >= 4 is 18.3 Å². The van der Waals surface area contributed by atoms with Crippen LogP contribution in [0.3, 0.4) is 0 Å². The molecule has 2 unspecified atom stereocenters.